The topological polar surface area (TPSA) is 44.4 Å². The Morgan fingerprint density at radius 2 is 1.48 bits per heavy atom. The van der Waals surface area contributed by atoms with Crippen LogP contribution in [0.5, 0.6) is 0 Å². The van der Waals surface area contributed by atoms with Gasteiger partial charge in [-0.3, -0.25) is 9.69 Å². The molecule has 1 heterocycles. The number of piperidine rings is 1. The van der Waals surface area contributed by atoms with Crippen molar-refractivity contribution < 1.29 is 4.79 Å². The van der Waals surface area contributed by atoms with E-state index in [9.17, 15) is 4.79 Å². The average molecular weight is 366 g/mol. The maximum absolute atomic E-state index is 12.3. The predicted molar refractivity (Wildman–Crippen MR) is 110 cm³/mol. The molecule has 4 nitrogen and oxygen atoms in total. The Morgan fingerprint density at radius 1 is 0.926 bits per heavy atom. The van der Waals surface area contributed by atoms with Gasteiger partial charge in [-0.2, -0.15) is 0 Å². The van der Waals surface area contributed by atoms with E-state index in [0.717, 1.165) is 58.5 Å². The molecule has 0 bridgehead atoms. The first-order valence-corrected chi connectivity index (χ1v) is 10.1. The quantitative estimate of drug-likeness (QED) is 0.671. The first kappa shape index (κ1) is 19.6. The van der Waals surface area contributed by atoms with E-state index >= 15 is 0 Å². The maximum atomic E-state index is 12.3. The molecular weight excluding hydrogens is 334 g/mol. The van der Waals surface area contributed by atoms with Crippen LogP contribution in [0.25, 0.3) is 0 Å². The fourth-order valence-electron chi connectivity index (χ4n) is 3.64. The molecule has 0 radical (unpaired) electrons. The van der Waals surface area contributed by atoms with Gasteiger partial charge in [0, 0.05) is 32.1 Å². The van der Waals surface area contributed by atoms with Crippen LogP contribution in [0.4, 0.5) is 0 Å². The van der Waals surface area contributed by atoms with Crippen LogP contribution in [-0.4, -0.2) is 37.0 Å². The number of carbonyl (C=O) groups is 1. The molecule has 0 unspecified atom stereocenters. The molecule has 0 aromatic heterocycles. The highest BCUT2D eigenvalue weighted by Gasteiger charge is 2.20. The number of nitrogens with zero attached hydrogens (tertiary/aromatic N) is 1. The number of hydrogen-bond acceptors (Lipinski definition) is 3. The average Bonchev–Trinajstić information content (AvgIpc) is 2.73. The van der Waals surface area contributed by atoms with Crippen LogP contribution in [0.3, 0.4) is 0 Å². The van der Waals surface area contributed by atoms with E-state index < -0.39 is 0 Å². The van der Waals surface area contributed by atoms with Gasteiger partial charge in [0.25, 0.3) is 0 Å². The van der Waals surface area contributed by atoms with Crippen molar-refractivity contribution in [3.63, 3.8) is 0 Å². The minimum atomic E-state index is 0.191. The molecule has 1 fully saturated rings. The summed E-state index contributed by atoms with van der Waals surface area (Å²) in [5.41, 5.74) is 2.65. The Bertz CT molecular complexity index is 627. The molecule has 2 aromatic carbocycles. The lowest BCUT2D eigenvalue weighted by molar-refractivity contribution is -0.125. The summed E-state index contributed by atoms with van der Waals surface area (Å²) in [6, 6.07) is 21.2. The third-order valence-electron chi connectivity index (χ3n) is 5.16. The monoisotopic (exact) mass is 365 g/mol. The SMILES string of the molecule is O=C(NCCCN(Cc1ccccc1)Cc1ccccc1)C1CCNCC1. The van der Waals surface area contributed by atoms with E-state index in [2.05, 4.69) is 76.2 Å². The van der Waals surface area contributed by atoms with Gasteiger partial charge in [-0.15, -0.1) is 0 Å². The van der Waals surface area contributed by atoms with E-state index in [-0.39, 0.29) is 11.8 Å². The van der Waals surface area contributed by atoms with E-state index in [1.54, 1.807) is 0 Å². The smallest absolute Gasteiger partial charge is 0.223 e. The summed E-state index contributed by atoms with van der Waals surface area (Å²) in [7, 11) is 0. The summed E-state index contributed by atoms with van der Waals surface area (Å²) in [5, 5.41) is 6.45. The molecule has 1 amide bonds. The van der Waals surface area contributed by atoms with E-state index in [1.807, 2.05) is 0 Å². The second kappa shape index (κ2) is 10.9. The third-order valence-corrected chi connectivity index (χ3v) is 5.16. The molecule has 27 heavy (non-hydrogen) atoms. The molecule has 0 spiro atoms. The number of amides is 1. The zero-order chi connectivity index (χ0) is 18.7. The Kier molecular flexibility index (Phi) is 7.87. The van der Waals surface area contributed by atoms with Gasteiger partial charge in [0.05, 0.1) is 0 Å². The Balaban J connectivity index is 1.47. The highest BCUT2D eigenvalue weighted by Crippen LogP contribution is 2.12. The number of carbonyl (C=O) groups excluding carboxylic acids is 1. The van der Waals surface area contributed by atoms with Crippen LogP contribution in [-0.2, 0) is 17.9 Å². The van der Waals surface area contributed by atoms with Crippen molar-refractivity contribution in [2.24, 2.45) is 5.92 Å². The van der Waals surface area contributed by atoms with Crippen molar-refractivity contribution in [1.82, 2.24) is 15.5 Å². The Labute approximate surface area is 163 Å². The largest absolute Gasteiger partial charge is 0.356 e. The molecule has 1 aliphatic rings. The Hall–Kier alpha value is -2.17. The zero-order valence-corrected chi connectivity index (χ0v) is 16.1. The lowest BCUT2D eigenvalue weighted by atomic mass is 9.97. The third kappa shape index (κ3) is 6.81. The number of nitrogens with one attached hydrogen (secondary N) is 2. The summed E-state index contributed by atoms with van der Waals surface area (Å²) in [4.78, 5) is 14.7. The van der Waals surface area contributed by atoms with Crippen LogP contribution in [0, 0.1) is 5.92 Å². The predicted octanol–water partition coefficient (Wildman–Crippen LogP) is 3.19. The summed E-state index contributed by atoms with van der Waals surface area (Å²) in [6.45, 7) is 5.50. The van der Waals surface area contributed by atoms with Crippen LogP contribution >= 0.6 is 0 Å². The number of rotatable bonds is 9. The maximum Gasteiger partial charge on any atom is 0.223 e. The van der Waals surface area contributed by atoms with E-state index in [1.165, 1.54) is 11.1 Å². The van der Waals surface area contributed by atoms with Crippen molar-refractivity contribution in [3.05, 3.63) is 71.8 Å². The minimum Gasteiger partial charge on any atom is -0.356 e. The molecule has 2 aromatic rings. The molecular formula is C23H31N3O. The lowest BCUT2D eigenvalue weighted by Gasteiger charge is -2.24. The second-order valence-corrected chi connectivity index (χ2v) is 7.35. The van der Waals surface area contributed by atoms with Gasteiger partial charge in [0.2, 0.25) is 5.91 Å². The zero-order valence-electron chi connectivity index (χ0n) is 16.1. The van der Waals surface area contributed by atoms with Gasteiger partial charge in [-0.1, -0.05) is 60.7 Å². The molecule has 144 valence electrons. The molecule has 3 rings (SSSR count). The molecule has 0 saturated carbocycles. The number of hydrogen-bond donors (Lipinski definition) is 2. The van der Waals surface area contributed by atoms with Crippen molar-refractivity contribution in [1.29, 1.82) is 0 Å². The van der Waals surface area contributed by atoms with E-state index in [0.29, 0.717) is 0 Å². The van der Waals surface area contributed by atoms with Gasteiger partial charge in [-0.25, -0.2) is 0 Å². The summed E-state index contributed by atoms with van der Waals surface area (Å²) in [5.74, 6) is 0.421. The summed E-state index contributed by atoms with van der Waals surface area (Å²) in [6.07, 6.45) is 2.89. The fourth-order valence-corrected chi connectivity index (χ4v) is 3.64. The molecule has 0 aliphatic carbocycles. The van der Waals surface area contributed by atoms with Gasteiger partial charge in [0.15, 0.2) is 0 Å². The van der Waals surface area contributed by atoms with Crippen molar-refractivity contribution in [2.45, 2.75) is 32.4 Å². The molecule has 0 atom stereocenters. The lowest BCUT2D eigenvalue weighted by Crippen LogP contribution is -2.39. The summed E-state index contributed by atoms with van der Waals surface area (Å²) < 4.78 is 0. The second-order valence-electron chi connectivity index (χ2n) is 7.35. The number of benzene rings is 2. The van der Waals surface area contributed by atoms with Gasteiger partial charge >= 0.3 is 0 Å². The Morgan fingerprint density at radius 3 is 2.04 bits per heavy atom. The summed E-state index contributed by atoms with van der Waals surface area (Å²) >= 11 is 0. The molecule has 4 heteroatoms. The van der Waals surface area contributed by atoms with Gasteiger partial charge in [-0.05, 0) is 43.5 Å². The van der Waals surface area contributed by atoms with Crippen LogP contribution in [0.1, 0.15) is 30.4 Å². The van der Waals surface area contributed by atoms with Crippen LogP contribution in [0.15, 0.2) is 60.7 Å². The van der Waals surface area contributed by atoms with Gasteiger partial charge < -0.3 is 10.6 Å². The van der Waals surface area contributed by atoms with E-state index in [4.69, 9.17) is 0 Å². The fraction of sp³-hybridized carbons (Fsp3) is 0.435. The highest BCUT2D eigenvalue weighted by atomic mass is 16.1. The minimum absolute atomic E-state index is 0.191. The highest BCUT2D eigenvalue weighted by molar-refractivity contribution is 5.78. The molecule has 2 N–H and O–H groups in total. The van der Waals surface area contributed by atoms with Crippen molar-refractivity contribution >= 4 is 5.91 Å². The standard InChI is InChI=1S/C23H31N3O/c27-23(22-12-15-24-16-13-22)25-14-7-17-26(18-20-8-3-1-4-9-20)19-21-10-5-2-6-11-21/h1-6,8-11,22,24H,7,12-19H2,(H,25,27). The van der Waals surface area contributed by atoms with Crippen molar-refractivity contribution in [3.8, 4) is 0 Å². The molecule has 1 aliphatic heterocycles. The first-order valence-electron chi connectivity index (χ1n) is 10.1. The normalized spacial score (nSPS) is 15.0. The van der Waals surface area contributed by atoms with Crippen LogP contribution in [0.2, 0.25) is 0 Å². The van der Waals surface area contributed by atoms with Gasteiger partial charge in [0.1, 0.15) is 0 Å². The van der Waals surface area contributed by atoms with Crippen molar-refractivity contribution in [2.75, 3.05) is 26.2 Å². The first-order chi connectivity index (χ1) is 13.3. The van der Waals surface area contributed by atoms with Crippen LogP contribution < -0.4 is 10.6 Å². The molecule has 1 saturated heterocycles.